The van der Waals surface area contributed by atoms with Gasteiger partial charge < -0.3 is 4.90 Å². The van der Waals surface area contributed by atoms with Gasteiger partial charge >= 0.3 is 0 Å². The number of thiazole rings is 1. The molecule has 1 atom stereocenters. The highest BCUT2D eigenvalue weighted by atomic mass is 32.1. The summed E-state index contributed by atoms with van der Waals surface area (Å²) in [6.07, 6.45) is 8.48. The molecule has 0 saturated carbocycles. The topological polar surface area (TPSA) is 16.1 Å². The molecule has 2 rings (SSSR count). The van der Waals surface area contributed by atoms with Crippen LogP contribution in [0.2, 0.25) is 0 Å². The van der Waals surface area contributed by atoms with Gasteiger partial charge in [-0.1, -0.05) is 12.2 Å². The Kier molecular flexibility index (Phi) is 3.92. The SMILES string of the molecule is CN(Cc1cscn1)CC1CC=CCC1. The molecule has 1 unspecified atom stereocenters. The fourth-order valence-electron chi connectivity index (χ4n) is 2.12. The summed E-state index contributed by atoms with van der Waals surface area (Å²) in [6.45, 7) is 2.19. The number of rotatable bonds is 4. The van der Waals surface area contributed by atoms with Crippen LogP contribution in [0.3, 0.4) is 0 Å². The van der Waals surface area contributed by atoms with Crippen LogP contribution < -0.4 is 0 Å². The summed E-state index contributed by atoms with van der Waals surface area (Å²) in [5.74, 6) is 0.846. The van der Waals surface area contributed by atoms with Crippen LogP contribution in [0.4, 0.5) is 0 Å². The quantitative estimate of drug-likeness (QED) is 0.728. The summed E-state index contributed by atoms with van der Waals surface area (Å²) in [5, 5.41) is 2.14. The average molecular weight is 222 g/mol. The fraction of sp³-hybridized carbons (Fsp3) is 0.583. The molecule has 1 aromatic heterocycles. The Morgan fingerprint density at radius 3 is 3.13 bits per heavy atom. The molecule has 0 amide bonds. The first kappa shape index (κ1) is 10.8. The summed E-state index contributed by atoms with van der Waals surface area (Å²) >= 11 is 1.68. The molecule has 0 fully saturated rings. The molecule has 0 bridgehead atoms. The molecule has 1 aromatic rings. The Labute approximate surface area is 95.6 Å². The lowest BCUT2D eigenvalue weighted by Crippen LogP contribution is -2.26. The van der Waals surface area contributed by atoms with Crippen LogP contribution in [-0.2, 0) is 6.54 Å². The van der Waals surface area contributed by atoms with Crippen molar-refractivity contribution in [3.05, 3.63) is 28.7 Å². The van der Waals surface area contributed by atoms with Crippen LogP contribution in [0.1, 0.15) is 25.0 Å². The predicted octanol–water partition coefficient (Wildman–Crippen LogP) is 2.93. The second kappa shape index (κ2) is 5.42. The molecule has 15 heavy (non-hydrogen) atoms. The smallest absolute Gasteiger partial charge is 0.0795 e. The zero-order chi connectivity index (χ0) is 10.5. The lowest BCUT2D eigenvalue weighted by molar-refractivity contribution is 0.256. The van der Waals surface area contributed by atoms with E-state index in [0.29, 0.717) is 0 Å². The number of aromatic nitrogens is 1. The molecule has 2 nitrogen and oxygen atoms in total. The Morgan fingerprint density at radius 2 is 2.47 bits per heavy atom. The van der Waals surface area contributed by atoms with E-state index in [-0.39, 0.29) is 0 Å². The molecule has 3 heteroatoms. The molecule has 0 aromatic carbocycles. The summed E-state index contributed by atoms with van der Waals surface area (Å²) < 4.78 is 0. The third kappa shape index (κ3) is 3.43. The highest BCUT2D eigenvalue weighted by Crippen LogP contribution is 2.19. The molecular weight excluding hydrogens is 204 g/mol. The van der Waals surface area contributed by atoms with Gasteiger partial charge in [-0.05, 0) is 32.2 Å². The normalized spacial score (nSPS) is 21.1. The van der Waals surface area contributed by atoms with Crippen molar-refractivity contribution in [2.75, 3.05) is 13.6 Å². The summed E-state index contributed by atoms with van der Waals surface area (Å²) in [5.41, 5.74) is 3.11. The highest BCUT2D eigenvalue weighted by Gasteiger charge is 2.12. The third-order valence-electron chi connectivity index (χ3n) is 2.86. The van der Waals surface area contributed by atoms with Gasteiger partial charge in [0.1, 0.15) is 0 Å². The molecule has 0 radical (unpaired) electrons. The van der Waals surface area contributed by atoms with Gasteiger partial charge in [0.25, 0.3) is 0 Å². The number of hydrogen-bond donors (Lipinski definition) is 0. The van der Waals surface area contributed by atoms with Gasteiger partial charge in [0.2, 0.25) is 0 Å². The Hall–Kier alpha value is -0.670. The van der Waals surface area contributed by atoms with Crippen LogP contribution in [0.5, 0.6) is 0 Å². The van der Waals surface area contributed by atoms with Crippen molar-refractivity contribution in [1.29, 1.82) is 0 Å². The summed E-state index contributed by atoms with van der Waals surface area (Å²) in [6, 6.07) is 0. The molecule has 0 N–H and O–H groups in total. The maximum atomic E-state index is 4.31. The number of allylic oxidation sites excluding steroid dienone is 2. The van der Waals surface area contributed by atoms with Crippen molar-refractivity contribution in [1.82, 2.24) is 9.88 Å². The molecule has 1 heterocycles. The lowest BCUT2D eigenvalue weighted by atomic mass is 9.94. The van der Waals surface area contributed by atoms with E-state index in [1.54, 1.807) is 11.3 Å². The van der Waals surface area contributed by atoms with Gasteiger partial charge in [-0.15, -0.1) is 11.3 Å². The number of hydrogen-bond acceptors (Lipinski definition) is 3. The Bertz CT molecular complexity index is 305. The minimum Gasteiger partial charge on any atom is -0.300 e. The van der Waals surface area contributed by atoms with Crippen LogP contribution in [0.15, 0.2) is 23.0 Å². The Morgan fingerprint density at radius 1 is 1.53 bits per heavy atom. The van der Waals surface area contributed by atoms with E-state index >= 15 is 0 Å². The van der Waals surface area contributed by atoms with E-state index in [4.69, 9.17) is 0 Å². The average Bonchev–Trinajstić information content (AvgIpc) is 2.71. The van der Waals surface area contributed by atoms with Crippen LogP contribution in [-0.4, -0.2) is 23.5 Å². The minimum atomic E-state index is 0.846. The molecule has 1 aliphatic carbocycles. The van der Waals surface area contributed by atoms with Gasteiger partial charge in [-0.3, -0.25) is 0 Å². The van der Waals surface area contributed by atoms with Crippen molar-refractivity contribution in [2.24, 2.45) is 5.92 Å². The highest BCUT2D eigenvalue weighted by molar-refractivity contribution is 7.07. The van der Waals surface area contributed by atoms with Crippen molar-refractivity contribution < 1.29 is 0 Å². The van der Waals surface area contributed by atoms with Crippen LogP contribution in [0, 0.1) is 5.92 Å². The van der Waals surface area contributed by atoms with E-state index in [1.165, 1.54) is 31.5 Å². The first-order valence-electron chi connectivity index (χ1n) is 5.55. The standard InChI is InChI=1S/C12H18N2S/c1-14(8-12-9-15-10-13-12)7-11-5-3-2-4-6-11/h2-3,9-11H,4-8H2,1H3. The van der Waals surface area contributed by atoms with E-state index in [9.17, 15) is 0 Å². The maximum Gasteiger partial charge on any atom is 0.0795 e. The van der Waals surface area contributed by atoms with E-state index in [2.05, 4.69) is 34.5 Å². The van der Waals surface area contributed by atoms with Gasteiger partial charge in [0.05, 0.1) is 11.2 Å². The fourth-order valence-corrected chi connectivity index (χ4v) is 2.67. The summed E-state index contributed by atoms with van der Waals surface area (Å²) in [7, 11) is 2.19. The van der Waals surface area contributed by atoms with Gasteiger partial charge in [-0.25, -0.2) is 4.98 Å². The zero-order valence-corrected chi connectivity index (χ0v) is 10.0. The van der Waals surface area contributed by atoms with Crippen molar-refractivity contribution >= 4 is 11.3 Å². The first-order chi connectivity index (χ1) is 7.34. The molecule has 1 aliphatic rings. The predicted molar refractivity (Wildman–Crippen MR) is 64.9 cm³/mol. The van der Waals surface area contributed by atoms with Crippen LogP contribution >= 0.6 is 11.3 Å². The monoisotopic (exact) mass is 222 g/mol. The molecule has 82 valence electrons. The van der Waals surface area contributed by atoms with E-state index < -0.39 is 0 Å². The zero-order valence-electron chi connectivity index (χ0n) is 9.22. The molecule has 0 spiro atoms. The lowest BCUT2D eigenvalue weighted by Gasteiger charge is -2.24. The van der Waals surface area contributed by atoms with Gasteiger partial charge in [-0.2, -0.15) is 0 Å². The second-order valence-corrected chi connectivity index (χ2v) is 5.05. The Balaban J connectivity index is 1.76. The summed E-state index contributed by atoms with van der Waals surface area (Å²) in [4.78, 5) is 6.70. The molecular formula is C12H18N2S. The van der Waals surface area contributed by atoms with Crippen molar-refractivity contribution in [2.45, 2.75) is 25.8 Å². The van der Waals surface area contributed by atoms with Crippen molar-refractivity contribution in [3.63, 3.8) is 0 Å². The third-order valence-corrected chi connectivity index (χ3v) is 3.50. The molecule has 0 saturated heterocycles. The second-order valence-electron chi connectivity index (χ2n) is 4.33. The maximum absolute atomic E-state index is 4.31. The van der Waals surface area contributed by atoms with Gasteiger partial charge in [0.15, 0.2) is 0 Å². The number of nitrogens with zero attached hydrogens (tertiary/aromatic N) is 2. The molecule has 0 aliphatic heterocycles. The van der Waals surface area contributed by atoms with Crippen molar-refractivity contribution in [3.8, 4) is 0 Å². The minimum absolute atomic E-state index is 0.846. The van der Waals surface area contributed by atoms with Crippen LogP contribution in [0.25, 0.3) is 0 Å². The van der Waals surface area contributed by atoms with Gasteiger partial charge in [0, 0.05) is 18.5 Å². The van der Waals surface area contributed by atoms with E-state index in [1.807, 2.05) is 5.51 Å². The van der Waals surface area contributed by atoms with E-state index in [0.717, 1.165) is 12.5 Å². The largest absolute Gasteiger partial charge is 0.300 e. The first-order valence-corrected chi connectivity index (χ1v) is 6.49.